The lowest BCUT2D eigenvalue weighted by Gasteiger charge is -2.18. The van der Waals surface area contributed by atoms with Crippen LogP contribution in [0.5, 0.6) is 0 Å². The smallest absolute Gasteiger partial charge is 0.273 e. The van der Waals surface area contributed by atoms with E-state index >= 15 is 0 Å². The zero-order chi connectivity index (χ0) is 18.7. The van der Waals surface area contributed by atoms with Crippen molar-refractivity contribution in [1.82, 2.24) is 0 Å². The highest BCUT2D eigenvalue weighted by Crippen LogP contribution is 2.25. The van der Waals surface area contributed by atoms with Crippen molar-refractivity contribution in [2.24, 2.45) is 0 Å². The van der Waals surface area contributed by atoms with E-state index in [1.807, 2.05) is 31.2 Å². The highest BCUT2D eigenvalue weighted by molar-refractivity contribution is 7.94. The van der Waals surface area contributed by atoms with Gasteiger partial charge in [0.15, 0.2) is 0 Å². The number of hydrogen-bond donors (Lipinski definition) is 1. The van der Waals surface area contributed by atoms with Gasteiger partial charge in [-0.05, 0) is 54.3 Å². The fourth-order valence-corrected chi connectivity index (χ4v) is 4.77. The quantitative estimate of drug-likeness (QED) is 0.717. The second-order valence-electron chi connectivity index (χ2n) is 5.72. The van der Waals surface area contributed by atoms with E-state index in [1.165, 1.54) is 22.7 Å². The average molecular weight is 386 g/mol. The third-order valence-corrected chi connectivity index (χ3v) is 7.15. The molecular formula is C19H18N2O3S2. The van der Waals surface area contributed by atoms with Gasteiger partial charge in [-0.2, -0.15) is 0 Å². The molecule has 134 valence electrons. The summed E-state index contributed by atoms with van der Waals surface area (Å²) >= 11 is 1.17. The number of aryl methyl sites for hydroxylation is 1. The summed E-state index contributed by atoms with van der Waals surface area (Å²) in [5.74, 6) is -0.241. The molecule has 0 saturated carbocycles. The Balaban J connectivity index is 1.78. The number of thiophene rings is 1. The summed E-state index contributed by atoms with van der Waals surface area (Å²) in [6.07, 6.45) is 0. The zero-order valence-corrected chi connectivity index (χ0v) is 16.0. The molecule has 0 fully saturated rings. The van der Waals surface area contributed by atoms with E-state index in [9.17, 15) is 13.2 Å². The first-order valence-corrected chi connectivity index (χ1v) is 10.2. The van der Waals surface area contributed by atoms with Gasteiger partial charge >= 0.3 is 0 Å². The predicted molar refractivity (Wildman–Crippen MR) is 105 cm³/mol. The Morgan fingerprint density at radius 1 is 1.00 bits per heavy atom. The number of hydrogen-bond acceptors (Lipinski definition) is 4. The number of carbonyl (C=O) groups excluding carboxylic acids is 1. The van der Waals surface area contributed by atoms with Gasteiger partial charge in [0.05, 0.1) is 5.69 Å². The number of anilines is 2. The van der Waals surface area contributed by atoms with Crippen molar-refractivity contribution in [3.63, 3.8) is 0 Å². The van der Waals surface area contributed by atoms with E-state index < -0.39 is 10.0 Å². The van der Waals surface area contributed by atoms with Gasteiger partial charge in [-0.1, -0.05) is 24.3 Å². The number of sulfonamides is 1. The van der Waals surface area contributed by atoms with Gasteiger partial charge in [0.25, 0.3) is 15.9 Å². The summed E-state index contributed by atoms with van der Waals surface area (Å²) in [6, 6.07) is 17.3. The maximum absolute atomic E-state index is 12.5. The van der Waals surface area contributed by atoms with Crippen LogP contribution in [-0.4, -0.2) is 21.4 Å². The molecular weight excluding hydrogens is 368 g/mol. The van der Waals surface area contributed by atoms with Crippen molar-refractivity contribution in [1.29, 1.82) is 0 Å². The first-order valence-electron chi connectivity index (χ1n) is 7.89. The summed E-state index contributed by atoms with van der Waals surface area (Å²) in [5, 5.41) is 4.58. The van der Waals surface area contributed by atoms with Crippen LogP contribution in [0.25, 0.3) is 0 Å². The van der Waals surface area contributed by atoms with Gasteiger partial charge < -0.3 is 5.32 Å². The van der Waals surface area contributed by atoms with Crippen LogP contribution in [0.4, 0.5) is 11.4 Å². The monoisotopic (exact) mass is 386 g/mol. The molecule has 3 rings (SSSR count). The molecule has 0 saturated heterocycles. The van der Waals surface area contributed by atoms with E-state index in [-0.39, 0.29) is 10.1 Å². The van der Waals surface area contributed by atoms with Gasteiger partial charge in [-0.25, -0.2) is 8.42 Å². The number of para-hydroxylation sites is 1. The van der Waals surface area contributed by atoms with Crippen molar-refractivity contribution < 1.29 is 13.2 Å². The van der Waals surface area contributed by atoms with Crippen LogP contribution in [0.3, 0.4) is 0 Å². The number of rotatable bonds is 5. The minimum Gasteiger partial charge on any atom is -0.322 e. The minimum absolute atomic E-state index is 0.241. The lowest BCUT2D eigenvalue weighted by Crippen LogP contribution is -2.25. The van der Waals surface area contributed by atoms with Gasteiger partial charge in [0.2, 0.25) is 0 Å². The Kier molecular flexibility index (Phi) is 5.11. The summed E-state index contributed by atoms with van der Waals surface area (Å²) in [5.41, 5.74) is 2.67. The molecule has 26 heavy (non-hydrogen) atoms. The lowest BCUT2D eigenvalue weighted by molar-refractivity contribution is 0.102. The van der Waals surface area contributed by atoms with Gasteiger partial charge in [0, 0.05) is 18.3 Å². The van der Waals surface area contributed by atoms with Crippen molar-refractivity contribution in [2.75, 3.05) is 16.7 Å². The zero-order valence-electron chi connectivity index (χ0n) is 14.3. The van der Waals surface area contributed by atoms with Crippen molar-refractivity contribution in [3.8, 4) is 0 Å². The fraction of sp³-hybridized carbons (Fsp3) is 0.105. The lowest BCUT2D eigenvalue weighted by atomic mass is 10.1. The number of nitrogens with zero attached hydrogens (tertiary/aromatic N) is 1. The largest absolute Gasteiger partial charge is 0.322 e. The van der Waals surface area contributed by atoms with Crippen LogP contribution in [-0.2, 0) is 10.0 Å². The molecule has 0 radical (unpaired) electrons. The molecule has 0 bridgehead atoms. The molecule has 0 atom stereocenters. The summed E-state index contributed by atoms with van der Waals surface area (Å²) in [6.45, 7) is 1.92. The number of benzene rings is 2. The molecule has 3 aromatic rings. The van der Waals surface area contributed by atoms with E-state index in [0.29, 0.717) is 11.3 Å². The Hall–Kier alpha value is -2.64. The molecule has 1 amide bonds. The fourth-order valence-electron chi connectivity index (χ4n) is 2.41. The summed E-state index contributed by atoms with van der Waals surface area (Å²) in [7, 11) is -2.09. The van der Waals surface area contributed by atoms with Crippen LogP contribution in [0.2, 0.25) is 0 Å². The minimum atomic E-state index is -3.58. The van der Waals surface area contributed by atoms with Crippen LogP contribution in [0.1, 0.15) is 15.9 Å². The molecule has 1 N–H and O–H groups in total. The molecule has 0 aliphatic carbocycles. The Morgan fingerprint density at radius 2 is 1.69 bits per heavy atom. The van der Waals surface area contributed by atoms with Crippen LogP contribution in [0, 0.1) is 6.92 Å². The Morgan fingerprint density at radius 3 is 2.31 bits per heavy atom. The topological polar surface area (TPSA) is 66.5 Å². The SMILES string of the molecule is Cc1ccccc1NC(=O)c1ccc(N(C)S(=O)(=O)c2cccs2)cc1. The molecule has 1 aromatic heterocycles. The highest BCUT2D eigenvalue weighted by atomic mass is 32.2. The van der Waals surface area contributed by atoms with Crippen molar-refractivity contribution >= 4 is 38.6 Å². The molecule has 5 nitrogen and oxygen atoms in total. The average Bonchev–Trinajstić information content (AvgIpc) is 3.18. The third kappa shape index (κ3) is 3.63. The van der Waals surface area contributed by atoms with Gasteiger partial charge in [0.1, 0.15) is 4.21 Å². The Bertz CT molecular complexity index is 1010. The van der Waals surface area contributed by atoms with Crippen molar-refractivity contribution in [3.05, 3.63) is 77.2 Å². The van der Waals surface area contributed by atoms with E-state index in [4.69, 9.17) is 0 Å². The maximum Gasteiger partial charge on any atom is 0.273 e. The molecule has 7 heteroatoms. The normalized spacial score (nSPS) is 11.2. The molecule has 1 heterocycles. The van der Waals surface area contributed by atoms with Crippen LogP contribution < -0.4 is 9.62 Å². The number of carbonyl (C=O) groups is 1. The molecule has 0 spiro atoms. The van der Waals surface area contributed by atoms with Crippen LogP contribution in [0.15, 0.2) is 70.3 Å². The molecule has 0 aliphatic rings. The molecule has 0 unspecified atom stereocenters. The first kappa shape index (κ1) is 18.2. The van der Waals surface area contributed by atoms with Crippen molar-refractivity contribution in [2.45, 2.75) is 11.1 Å². The standard InChI is InChI=1S/C19H18N2O3S2/c1-14-6-3-4-7-17(14)20-19(22)15-9-11-16(12-10-15)21(2)26(23,24)18-8-5-13-25-18/h3-13H,1-2H3,(H,20,22). The van der Waals surface area contributed by atoms with E-state index in [0.717, 1.165) is 11.3 Å². The first-order chi connectivity index (χ1) is 12.4. The molecule has 2 aromatic carbocycles. The second-order valence-corrected chi connectivity index (χ2v) is 8.86. The predicted octanol–water partition coefficient (Wildman–Crippen LogP) is 4.13. The Labute approximate surface area is 157 Å². The third-order valence-electron chi connectivity index (χ3n) is 4.00. The second kappa shape index (κ2) is 7.31. The number of amides is 1. The summed E-state index contributed by atoms with van der Waals surface area (Å²) < 4.78 is 26.6. The number of nitrogens with one attached hydrogen (secondary N) is 1. The van der Waals surface area contributed by atoms with E-state index in [1.54, 1.807) is 41.8 Å². The van der Waals surface area contributed by atoms with Gasteiger partial charge in [-0.15, -0.1) is 11.3 Å². The molecule has 0 aliphatic heterocycles. The summed E-state index contributed by atoms with van der Waals surface area (Å²) in [4.78, 5) is 12.4. The maximum atomic E-state index is 12.5. The van der Waals surface area contributed by atoms with E-state index in [2.05, 4.69) is 5.32 Å². The van der Waals surface area contributed by atoms with Crippen LogP contribution >= 0.6 is 11.3 Å². The van der Waals surface area contributed by atoms with Gasteiger partial charge in [-0.3, -0.25) is 9.10 Å². The highest BCUT2D eigenvalue weighted by Gasteiger charge is 2.22.